The Labute approximate surface area is 145 Å². The number of hydrogen-bond acceptors (Lipinski definition) is 7. The molecule has 0 aromatic carbocycles. The van der Waals surface area contributed by atoms with Crippen LogP contribution >= 0.6 is 0 Å². The Morgan fingerprint density at radius 3 is 2.84 bits per heavy atom. The molecule has 0 spiro atoms. The minimum Gasteiger partial charge on any atom is -0.351 e. The molecular formula is C16H22N8O. The molecule has 9 heteroatoms. The molecule has 0 bridgehead atoms. The van der Waals surface area contributed by atoms with E-state index in [0.29, 0.717) is 30.7 Å². The number of amides is 1. The van der Waals surface area contributed by atoms with Crippen LogP contribution in [0.2, 0.25) is 0 Å². The van der Waals surface area contributed by atoms with Crippen LogP contribution in [0.5, 0.6) is 0 Å². The van der Waals surface area contributed by atoms with Gasteiger partial charge in [-0.25, -0.2) is 20.4 Å². The van der Waals surface area contributed by atoms with Crippen molar-refractivity contribution >= 4 is 22.9 Å². The minimum atomic E-state index is -0.0718. The highest BCUT2D eigenvalue weighted by molar-refractivity contribution is 5.84. The molecule has 3 unspecified atom stereocenters. The minimum absolute atomic E-state index is 0.0718. The SMILES string of the molecule is O=C(C1NNC2CCCC21)N1CCN(c2ncnc3nc[nH]c23)CC1. The van der Waals surface area contributed by atoms with Crippen LogP contribution < -0.4 is 15.8 Å². The standard InChI is InChI=1S/C16H22N8O/c25-16(12-10-2-1-3-11(10)21-22-12)24-6-4-23(5-7-24)15-13-14(18-8-17-13)19-9-20-15/h8-12,21-22H,1-7H2,(H,17,18,19,20). The topological polar surface area (TPSA) is 102 Å². The fraction of sp³-hybridized carbons (Fsp3) is 0.625. The Balaban J connectivity index is 1.27. The second-order valence-corrected chi connectivity index (χ2v) is 7.08. The third kappa shape index (κ3) is 2.46. The van der Waals surface area contributed by atoms with Crippen molar-refractivity contribution in [3.63, 3.8) is 0 Å². The molecule has 3 aliphatic rings. The Bertz CT molecular complexity index is 783. The van der Waals surface area contributed by atoms with Crippen LogP contribution in [0.15, 0.2) is 12.7 Å². The van der Waals surface area contributed by atoms with E-state index in [9.17, 15) is 4.79 Å². The molecule has 25 heavy (non-hydrogen) atoms. The average Bonchev–Trinajstić information content (AvgIpc) is 3.37. The summed E-state index contributed by atoms with van der Waals surface area (Å²) in [4.78, 5) is 33.0. The number of carbonyl (C=O) groups is 1. The number of piperazine rings is 1. The van der Waals surface area contributed by atoms with Gasteiger partial charge in [0.2, 0.25) is 5.91 Å². The zero-order valence-electron chi connectivity index (χ0n) is 14.0. The zero-order chi connectivity index (χ0) is 16.8. The van der Waals surface area contributed by atoms with Gasteiger partial charge < -0.3 is 14.8 Å². The number of hydrogen-bond donors (Lipinski definition) is 3. The Kier molecular flexibility index (Phi) is 3.56. The van der Waals surface area contributed by atoms with E-state index in [0.717, 1.165) is 30.8 Å². The lowest BCUT2D eigenvalue weighted by molar-refractivity contribution is -0.134. The maximum atomic E-state index is 12.9. The van der Waals surface area contributed by atoms with Gasteiger partial charge in [0, 0.05) is 38.1 Å². The molecule has 2 saturated heterocycles. The number of aromatic nitrogens is 4. The third-order valence-electron chi connectivity index (χ3n) is 5.78. The van der Waals surface area contributed by atoms with Gasteiger partial charge in [-0.2, -0.15) is 0 Å². The number of hydrazine groups is 1. The fourth-order valence-electron chi connectivity index (χ4n) is 4.44. The number of anilines is 1. The van der Waals surface area contributed by atoms with E-state index in [1.807, 2.05) is 4.90 Å². The van der Waals surface area contributed by atoms with Crippen LogP contribution in [-0.2, 0) is 4.79 Å². The van der Waals surface area contributed by atoms with Crippen LogP contribution in [0.3, 0.4) is 0 Å². The molecule has 3 atom stereocenters. The Hall–Kier alpha value is -2.26. The number of imidazole rings is 1. The van der Waals surface area contributed by atoms with Gasteiger partial charge in [-0.1, -0.05) is 6.42 Å². The monoisotopic (exact) mass is 342 g/mol. The van der Waals surface area contributed by atoms with Crippen molar-refractivity contribution in [1.82, 2.24) is 35.7 Å². The molecule has 9 nitrogen and oxygen atoms in total. The first-order chi connectivity index (χ1) is 12.3. The number of rotatable bonds is 2. The number of H-pyrrole nitrogens is 1. The van der Waals surface area contributed by atoms with E-state index in [1.165, 1.54) is 12.8 Å². The normalized spacial score (nSPS) is 29.4. The van der Waals surface area contributed by atoms with Gasteiger partial charge in [-0.3, -0.25) is 10.2 Å². The molecule has 4 heterocycles. The highest BCUT2D eigenvalue weighted by atomic mass is 16.2. The van der Waals surface area contributed by atoms with E-state index < -0.39 is 0 Å². The highest BCUT2D eigenvalue weighted by Gasteiger charge is 2.44. The van der Waals surface area contributed by atoms with Crippen LogP contribution in [0.4, 0.5) is 5.82 Å². The zero-order valence-corrected chi connectivity index (χ0v) is 14.0. The molecule has 1 saturated carbocycles. The molecule has 3 N–H and O–H groups in total. The maximum Gasteiger partial charge on any atom is 0.241 e. The molecule has 1 aliphatic carbocycles. The molecule has 0 radical (unpaired) electrons. The second-order valence-electron chi connectivity index (χ2n) is 7.08. The number of fused-ring (bicyclic) bond motifs is 2. The van der Waals surface area contributed by atoms with Crippen LogP contribution in [0.1, 0.15) is 19.3 Å². The first-order valence-corrected chi connectivity index (χ1v) is 9.00. The smallest absolute Gasteiger partial charge is 0.241 e. The van der Waals surface area contributed by atoms with Crippen molar-refractivity contribution in [2.24, 2.45) is 5.92 Å². The van der Waals surface area contributed by atoms with Gasteiger partial charge in [-0.15, -0.1) is 0 Å². The number of nitrogens with one attached hydrogen (secondary N) is 3. The molecule has 2 aromatic heterocycles. The lowest BCUT2D eigenvalue weighted by Gasteiger charge is -2.37. The molecule has 5 rings (SSSR count). The van der Waals surface area contributed by atoms with Crippen molar-refractivity contribution in [2.75, 3.05) is 31.1 Å². The van der Waals surface area contributed by atoms with Gasteiger partial charge >= 0.3 is 0 Å². The van der Waals surface area contributed by atoms with Crippen molar-refractivity contribution in [3.8, 4) is 0 Å². The van der Waals surface area contributed by atoms with Crippen molar-refractivity contribution in [3.05, 3.63) is 12.7 Å². The van der Waals surface area contributed by atoms with Gasteiger partial charge in [0.1, 0.15) is 17.9 Å². The first-order valence-electron chi connectivity index (χ1n) is 9.00. The maximum absolute atomic E-state index is 12.9. The van der Waals surface area contributed by atoms with E-state index >= 15 is 0 Å². The Morgan fingerprint density at radius 2 is 1.96 bits per heavy atom. The number of carbonyl (C=O) groups excluding carboxylic acids is 1. The first kappa shape index (κ1) is 15.0. The summed E-state index contributed by atoms with van der Waals surface area (Å²) >= 11 is 0. The third-order valence-corrected chi connectivity index (χ3v) is 5.78. The summed E-state index contributed by atoms with van der Waals surface area (Å²) in [6.07, 6.45) is 6.71. The van der Waals surface area contributed by atoms with Gasteiger partial charge in [-0.05, 0) is 12.8 Å². The van der Waals surface area contributed by atoms with E-state index in [4.69, 9.17) is 0 Å². The molecule has 1 amide bonds. The summed E-state index contributed by atoms with van der Waals surface area (Å²) in [6.45, 7) is 2.97. The van der Waals surface area contributed by atoms with Crippen molar-refractivity contribution < 1.29 is 4.79 Å². The molecule has 3 fully saturated rings. The Morgan fingerprint density at radius 1 is 1.08 bits per heavy atom. The predicted molar refractivity (Wildman–Crippen MR) is 91.7 cm³/mol. The summed E-state index contributed by atoms with van der Waals surface area (Å²) in [5.41, 5.74) is 8.07. The molecular weight excluding hydrogens is 320 g/mol. The van der Waals surface area contributed by atoms with E-state index in [-0.39, 0.29) is 11.9 Å². The largest absolute Gasteiger partial charge is 0.351 e. The number of nitrogens with zero attached hydrogens (tertiary/aromatic N) is 5. The van der Waals surface area contributed by atoms with E-state index in [2.05, 4.69) is 35.7 Å². The summed E-state index contributed by atoms with van der Waals surface area (Å²) in [7, 11) is 0. The van der Waals surface area contributed by atoms with Gasteiger partial charge in [0.15, 0.2) is 11.5 Å². The fourth-order valence-corrected chi connectivity index (χ4v) is 4.44. The number of aromatic amines is 1. The van der Waals surface area contributed by atoms with Gasteiger partial charge in [0.05, 0.1) is 6.33 Å². The molecule has 2 aromatic rings. The average molecular weight is 342 g/mol. The van der Waals surface area contributed by atoms with Crippen molar-refractivity contribution in [2.45, 2.75) is 31.3 Å². The second kappa shape index (κ2) is 5.92. The lowest BCUT2D eigenvalue weighted by atomic mass is 9.96. The van der Waals surface area contributed by atoms with Crippen LogP contribution in [-0.4, -0.2) is 69.0 Å². The summed E-state index contributed by atoms with van der Waals surface area (Å²) in [5, 5.41) is 0. The highest BCUT2D eigenvalue weighted by Crippen LogP contribution is 2.32. The summed E-state index contributed by atoms with van der Waals surface area (Å²) < 4.78 is 0. The quantitative estimate of drug-likeness (QED) is 0.685. The molecule has 132 valence electrons. The van der Waals surface area contributed by atoms with Crippen LogP contribution in [0, 0.1) is 5.92 Å². The summed E-state index contributed by atoms with van der Waals surface area (Å²) in [6, 6.07) is 0.391. The van der Waals surface area contributed by atoms with E-state index in [1.54, 1.807) is 12.7 Å². The lowest BCUT2D eigenvalue weighted by Crippen LogP contribution is -2.55. The predicted octanol–water partition coefficient (Wildman–Crippen LogP) is -0.353. The molecule has 2 aliphatic heterocycles. The van der Waals surface area contributed by atoms with Crippen LogP contribution in [0.25, 0.3) is 11.2 Å². The summed E-state index contributed by atoms with van der Waals surface area (Å²) in [5.74, 6) is 1.54. The van der Waals surface area contributed by atoms with Crippen molar-refractivity contribution in [1.29, 1.82) is 0 Å². The van der Waals surface area contributed by atoms with Gasteiger partial charge in [0.25, 0.3) is 0 Å².